The van der Waals surface area contributed by atoms with Gasteiger partial charge in [-0.3, -0.25) is 9.59 Å². The predicted molar refractivity (Wildman–Crippen MR) is 79.3 cm³/mol. The Balaban J connectivity index is 1.89. The molecule has 2 aliphatic rings. The topological polar surface area (TPSA) is 86.6 Å². The number of carboxylic acid groups (broad SMARTS) is 1. The zero-order valence-corrected chi connectivity index (χ0v) is 12.4. The normalized spacial score (nSPS) is 27.1. The summed E-state index contributed by atoms with van der Waals surface area (Å²) in [6, 6.07) is 3.64. The van der Waals surface area contributed by atoms with Gasteiger partial charge in [-0.1, -0.05) is 6.08 Å². The third kappa shape index (κ3) is 2.04. The van der Waals surface area contributed by atoms with E-state index in [-0.39, 0.29) is 19.0 Å². The number of fused-ring (bicyclic) bond motifs is 1. The summed E-state index contributed by atoms with van der Waals surface area (Å²) in [4.78, 5) is 27.7. The molecule has 3 rings (SSSR count). The van der Waals surface area contributed by atoms with E-state index in [1.807, 2.05) is 24.0 Å². The van der Waals surface area contributed by atoms with Crippen molar-refractivity contribution in [2.24, 2.45) is 11.3 Å². The number of carbonyl (C=O) groups is 2. The third-order valence-electron chi connectivity index (χ3n) is 4.51. The fourth-order valence-corrected chi connectivity index (χ4v) is 3.35. The highest BCUT2D eigenvalue weighted by molar-refractivity contribution is 5.93. The summed E-state index contributed by atoms with van der Waals surface area (Å²) in [5.74, 6) is -0.985. The minimum Gasteiger partial charge on any atom is -0.481 e. The lowest BCUT2D eigenvalue weighted by atomic mass is 9.81. The summed E-state index contributed by atoms with van der Waals surface area (Å²) in [5.41, 5.74) is -0.281. The molecular formula is C15H18N4O3. The number of anilines is 1. The Hall–Kier alpha value is -2.44. The second-order valence-electron chi connectivity index (χ2n) is 5.93. The van der Waals surface area contributed by atoms with E-state index in [9.17, 15) is 14.7 Å². The number of carbonyl (C=O) groups excluding carboxylic acids is 1. The number of rotatable bonds is 4. The monoisotopic (exact) mass is 302 g/mol. The van der Waals surface area contributed by atoms with E-state index in [1.165, 1.54) is 0 Å². The first kappa shape index (κ1) is 14.5. The Morgan fingerprint density at radius 1 is 1.50 bits per heavy atom. The Labute approximate surface area is 128 Å². The molecule has 2 saturated heterocycles. The van der Waals surface area contributed by atoms with Crippen molar-refractivity contribution in [2.45, 2.75) is 6.92 Å². The Bertz CT molecular complexity index is 630. The standard InChI is InChI=1S/C15H18N4O3/c1-3-6-18-8-15(14(21)22)9-19(7-11(15)13(18)20)12-5-4-10(2)16-17-12/h3-5,11H,1,6-9H2,2H3,(H,21,22)/t11-,15+/m0/s1. The molecule has 1 aromatic rings. The molecule has 7 nitrogen and oxygen atoms in total. The first-order chi connectivity index (χ1) is 10.5. The second-order valence-corrected chi connectivity index (χ2v) is 5.93. The van der Waals surface area contributed by atoms with Gasteiger partial charge in [0.1, 0.15) is 5.41 Å². The summed E-state index contributed by atoms with van der Waals surface area (Å²) < 4.78 is 0. The number of nitrogens with zero attached hydrogens (tertiary/aromatic N) is 4. The largest absolute Gasteiger partial charge is 0.481 e. The van der Waals surface area contributed by atoms with Gasteiger partial charge in [-0.25, -0.2) is 0 Å². The second kappa shape index (κ2) is 5.08. The van der Waals surface area contributed by atoms with Crippen molar-refractivity contribution < 1.29 is 14.7 Å². The van der Waals surface area contributed by atoms with Crippen LogP contribution in [0.4, 0.5) is 5.82 Å². The molecule has 3 heterocycles. The molecule has 0 bridgehead atoms. The lowest BCUT2D eigenvalue weighted by Gasteiger charge is -2.25. The molecule has 0 unspecified atom stereocenters. The molecule has 0 aliphatic carbocycles. The molecule has 2 atom stereocenters. The van der Waals surface area contributed by atoms with Crippen molar-refractivity contribution in [3.8, 4) is 0 Å². The number of amides is 1. The van der Waals surface area contributed by atoms with Crippen LogP contribution in [0.15, 0.2) is 24.8 Å². The van der Waals surface area contributed by atoms with E-state index >= 15 is 0 Å². The molecule has 1 aromatic heterocycles. The van der Waals surface area contributed by atoms with Gasteiger partial charge < -0.3 is 14.9 Å². The molecular weight excluding hydrogens is 284 g/mol. The molecule has 116 valence electrons. The number of aromatic nitrogens is 2. The van der Waals surface area contributed by atoms with E-state index < -0.39 is 17.3 Å². The van der Waals surface area contributed by atoms with Crippen LogP contribution in [0.2, 0.25) is 0 Å². The van der Waals surface area contributed by atoms with Crippen LogP contribution < -0.4 is 4.90 Å². The quantitative estimate of drug-likeness (QED) is 0.806. The smallest absolute Gasteiger partial charge is 0.314 e. The number of aliphatic carboxylic acids is 1. The van der Waals surface area contributed by atoms with Crippen LogP contribution in [0.1, 0.15) is 5.69 Å². The molecule has 2 fully saturated rings. The van der Waals surface area contributed by atoms with E-state index in [1.54, 1.807) is 11.0 Å². The molecule has 0 aromatic carbocycles. The van der Waals surface area contributed by atoms with Crippen LogP contribution in [0.5, 0.6) is 0 Å². The van der Waals surface area contributed by atoms with Gasteiger partial charge in [-0.2, -0.15) is 5.10 Å². The zero-order valence-electron chi connectivity index (χ0n) is 12.4. The Kier molecular flexibility index (Phi) is 3.35. The summed E-state index contributed by atoms with van der Waals surface area (Å²) in [6.07, 6.45) is 1.62. The zero-order chi connectivity index (χ0) is 15.9. The molecule has 0 saturated carbocycles. The van der Waals surface area contributed by atoms with Gasteiger partial charge in [0.2, 0.25) is 5.91 Å². The predicted octanol–water partition coefficient (Wildman–Crippen LogP) is 0.320. The summed E-state index contributed by atoms with van der Waals surface area (Å²) >= 11 is 0. The number of hydrogen-bond acceptors (Lipinski definition) is 5. The summed E-state index contributed by atoms with van der Waals surface area (Å²) in [7, 11) is 0. The maximum absolute atomic E-state index is 12.5. The molecule has 0 spiro atoms. The highest BCUT2D eigenvalue weighted by Crippen LogP contribution is 2.44. The number of carboxylic acids is 1. The van der Waals surface area contributed by atoms with E-state index in [0.29, 0.717) is 18.9 Å². The molecule has 1 N–H and O–H groups in total. The van der Waals surface area contributed by atoms with Crippen LogP contribution >= 0.6 is 0 Å². The molecule has 7 heteroatoms. The van der Waals surface area contributed by atoms with Crippen LogP contribution in [0.25, 0.3) is 0 Å². The first-order valence-electron chi connectivity index (χ1n) is 7.16. The van der Waals surface area contributed by atoms with E-state index in [2.05, 4.69) is 16.8 Å². The van der Waals surface area contributed by atoms with E-state index in [4.69, 9.17) is 0 Å². The molecule has 2 aliphatic heterocycles. The fourth-order valence-electron chi connectivity index (χ4n) is 3.35. The summed E-state index contributed by atoms with van der Waals surface area (Å²) in [6.45, 7) is 6.68. The maximum atomic E-state index is 12.5. The average Bonchev–Trinajstić information content (AvgIpc) is 2.98. The van der Waals surface area contributed by atoms with Gasteiger partial charge in [0.25, 0.3) is 0 Å². The van der Waals surface area contributed by atoms with Crippen molar-refractivity contribution in [1.29, 1.82) is 0 Å². The van der Waals surface area contributed by atoms with Crippen molar-refractivity contribution in [2.75, 3.05) is 31.1 Å². The van der Waals surface area contributed by atoms with Crippen molar-refractivity contribution in [3.05, 3.63) is 30.5 Å². The molecule has 0 radical (unpaired) electrons. The fraction of sp³-hybridized carbons (Fsp3) is 0.467. The van der Waals surface area contributed by atoms with Gasteiger partial charge in [-0.05, 0) is 19.1 Å². The van der Waals surface area contributed by atoms with Gasteiger partial charge in [-0.15, -0.1) is 11.7 Å². The van der Waals surface area contributed by atoms with Crippen LogP contribution in [0, 0.1) is 18.3 Å². The third-order valence-corrected chi connectivity index (χ3v) is 4.51. The van der Waals surface area contributed by atoms with Crippen molar-refractivity contribution in [3.63, 3.8) is 0 Å². The number of hydrogen-bond donors (Lipinski definition) is 1. The molecule has 1 amide bonds. The van der Waals surface area contributed by atoms with Crippen LogP contribution in [0.3, 0.4) is 0 Å². The maximum Gasteiger partial charge on any atom is 0.314 e. The van der Waals surface area contributed by atoms with Gasteiger partial charge in [0, 0.05) is 26.2 Å². The lowest BCUT2D eigenvalue weighted by molar-refractivity contribution is -0.149. The van der Waals surface area contributed by atoms with Gasteiger partial charge >= 0.3 is 5.97 Å². The van der Waals surface area contributed by atoms with Crippen LogP contribution in [-0.2, 0) is 9.59 Å². The van der Waals surface area contributed by atoms with Gasteiger partial charge in [0.15, 0.2) is 5.82 Å². The van der Waals surface area contributed by atoms with Crippen molar-refractivity contribution in [1.82, 2.24) is 15.1 Å². The Morgan fingerprint density at radius 3 is 2.82 bits per heavy atom. The highest BCUT2D eigenvalue weighted by Gasteiger charge is 2.62. The van der Waals surface area contributed by atoms with E-state index in [0.717, 1.165) is 5.69 Å². The average molecular weight is 302 g/mol. The van der Waals surface area contributed by atoms with Gasteiger partial charge in [0.05, 0.1) is 11.6 Å². The van der Waals surface area contributed by atoms with Crippen molar-refractivity contribution >= 4 is 17.7 Å². The highest BCUT2D eigenvalue weighted by atomic mass is 16.4. The number of likely N-dealkylation sites (tertiary alicyclic amines) is 1. The Morgan fingerprint density at radius 2 is 2.27 bits per heavy atom. The summed E-state index contributed by atoms with van der Waals surface area (Å²) in [5, 5.41) is 17.8. The SMILES string of the molecule is C=CCN1C[C@@]2(C(=O)O)CN(c3ccc(C)nn3)C[C@H]2C1=O. The lowest BCUT2D eigenvalue weighted by Crippen LogP contribution is -2.41. The molecule has 22 heavy (non-hydrogen) atoms. The minimum absolute atomic E-state index is 0.120. The first-order valence-corrected chi connectivity index (χ1v) is 7.16. The van der Waals surface area contributed by atoms with Crippen LogP contribution in [-0.4, -0.2) is 58.3 Å². The number of aryl methyl sites for hydroxylation is 1. The minimum atomic E-state index is -1.08.